The van der Waals surface area contributed by atoms with E-state index in [0.29, 0.717) is 35.8 Å². The molecule has 1 unspecified atom stereocenters. The number of carbonyl (C=O) groups excluding carboxylic acids is 1. The smallest absolute Gasteiger partial charge is 0.229 e. The number of furan rings is 1. The number of nitrogens with zero attached hydrogens (tertiary/aromatic N) is 2. The number of rotatable bonds is 16. The Morgan fingerprint density at radius 2 is 1.55 bits per heavy atom. The van der Waals surface area contributed by atoms with E-state index in [1.165, 1.54) is 54.9 Å². The number of nitrogens with one attached hydrogen (secondary N) is 1. The summed E-state index contributed by atoms with van der Waals surface area (Å²) in [5.74, 6) is 3.45. The summed E-state index contributed by atoms with van der Waals surface area (Å²) in [7, 11) is 3.18. The quantitative estimate of drug-likeness (QED) is 0.117. The molecule has 1 aromatic carbocycles. The number of unbranched alkanes of at least 4 members (excludes halogenated alkanes) is 1. The van der Waals surface area contributed by atoms with Crippen molar-refractivity contribution in [1.29, 1.82) is 0 Å². The number of aryl methyl sites for hydroxylation is 1. The largest absolute Gasteiger partial charge is 0.481 e. The molecule has 0 saturated carbocycles. The molecule has 4 rings (SSSR count). The van der Waals surface area contributed by atoms with Gasteiger partial charge in [0.2, 0.25) is 17.7 Å². The lowest BCUT2D eigenvalue weighted by molar-refractivity contribution is -0.105. The minimum absolute atomic E-state index is 0.0433. The van der Waals surface area contributed by atoms with Crippen LogP contribution in [0.4, 0.5) is 5.95 Å². The van der Waals surface area contributed by atoms with E-state index in [4.69, 9.17) is 23.4 Å². The van der Waals surface area contributed by atoms with E-state index in [0.717, 1.165) is 37.5 Å². The molecule has 2 aromatic heterocycles. The van der Waals surface area contributed by atoms with Crippen molar-refractivity contribution in [2.75, 3.05) is 39.3 Å². The van der Waals surface area contributed by atoms with E-state index < -0.39 is 0 Å². The van der Waals surface area contributed by atoms with Crippen LogP contribution in [0.3, 0.4) is 0 Å². The summed E-state index contributed by atoms with van der Waals surface area (Å²) < 4.78 is 28.2. The summed E-state index contributed by atoms with van der Waals surface area (Å²) in [4.78, 5) is 20.0. The first kappa shape index (κ1) is 41.7. The third-order valence-corrected chi connectivity index (χ3v) is 8.75. The number of hydrogen-bond donors (Lipinski definition) is 1. The van der Waals surface area contributed by atoms with Gasteiger partial charge in [0.1, 0.15) is 5.76 Å². The number of benzene rings is 1. The predicted octanol–water partition coefficient (Wildman–Crippen LogP) is 9.75. The fraction of sp³-hybridized carbons (Fsp3) is 0.625. The highest BCUT2D eigenvalue weighted by atomic mass is 16.5. The summed E-state index contributed by atoms with van der Waals surface area (Å²) in [5.41, 5.74) is 5.16. The van der Waals surface area contributed by atoms with Crippen LogP contribution in [0.5, 0.6) is 11.8 Å². The van der Waals surface area contributed by atoms with Crippen LogP contribution in [0.15, 0.2) is 28.7 Å². The maximum atomic E-state index is 11.4. The molecule has 0 spiro atoms. The van der Waals surface area contributed by atoms with Crippen LogP contribution in [-0.4, -0.2) is 49.7 Å². The van der Waals surface area contributed by atoms with Crippen LogP contribution in [0.2, 0.25) is 0 Å². The summed E-state index contributed by atoms with van der Waals surface area (Å²) in [6.45, 7) is 24.8. The lowest BCUT2D eigenvalue weighted by atomic mass is 9.86. The SMILES string of the molecule is CC.CC(=O)c1ccc(Cc2cc3c(cc2C)C(C)(C)OC3(C)C)o1.CCCCC(CC)COCCCNc1nc(OC)c(C)c(OC)n1. The number of ketones is 1. The number of hydrogen-bond acceptors (Lipinski definition) is 9. The fourth-order valence-electron chi connectivity index (χ4n) is 6.01. The Morgan fingerprint density at radius 1 is 0.939 bits per heavy atom. The number of ether oxygens (including phenoxy) is 4. The van der Waals surface area contributed by atoms with Gasteiger partial charge in [0, 0.05) is 33.1 Å². The first-order valence-electron chi connectivity index (χ1n) is 18.0. The van der Waals surface area contributed by atoms with Crippen LogP contribution in [0.25, 0.3) is 0 Å². The number of carbonyl (C=O) groups is 1. The van der Waals surface area contributed by atoms with Crippen molar-refractivity contribution in [1.82, 2.24) is 9.97 Å². The van der Waals surface area contributed by atoms with Crippen molar-refractivity contribution in [3.8, 4) is 11.8 Å². The number of methoxy groups -OCH3 is 2. The maximum Gasteiger partial charge on any atom is 0.229 e. The molecule has 0 saturated heterocycles. The van der Waals surface area contributed by atoms with Crippen molar-refractivity contribution in [2.24, 2.45) is 5.92 Å². The van der Waals surface area contributed by atoms with Crippen molar-refractivity contribution in [3.63, 3.8) is 0 Å². The zero-order valence-electron chi connectivity index (χ0n) is 32.6. The van der Waals surface area contributed by atoms with E-state index >= 15 is 0 Å². The van der Waals surface area contributed by atoms with Gasteiger partial charge >= 0.3 is 0 Å². The summed E-state index contributed by atoms with van der Waals surface area (Å²) >= 11 is 0. The van der Waals surface area contributed by atoms with Crippen molar-refractivity contribution in [2.45, 2.75) is 126 Å². The molecule has 9 heteroatoms. The average Bonchev–Trinajstić information content (AvgIpc) is 3.61. The normalized spacial score (nSPS) is 14.5. The minimum atomic E-state index is -0.297. The van der Waals surface area contributed by atoms with Gasteiger partial charge in [-0.1, -0.05) is 59.1 Å². The fourth-order valence-corrected chi connectivity index (χ4v) is 6.01. The Morgan fingerprint density at radius 3 is 2.08 bits per heavy atom. The molecule has 9 nitrogen and oxygen atoms in total. The van der Waals surface area contributed by atoms with E-state index in [-0.39, 0.29) is 17.0 Å². The van der Waals surface area contributed by atoms with Crippen LogP contribution in [0.1, 0.15) is 139 Å². The second-order valence-corrected chi connectivity index (χ2v) is 13.4. The zero-order chi connectivity index (χ0) is 36.8. The molecule has 49 heavy (non-hydrogen) atoms. The molecule has 3 aromatic rings. The van der Waals surface area contributed by atoms with Crippen molar-refractivity contribution in [3.05, 3.63) is 63.6 Å². The molecular formula is C40H63N3O6. The maximum absolute atomic E-state index is 11.4. The van der Waals surface area contributed by atoms with Gasteiger partial charge in [-0.25, -0.2) is 0 Å². The lowest BCUT2D eigenvalue weighted by Gasteiger charge is -2.24. The van der Waals surface area contributed by atoms with Gasteiger partial charge in [-0.2, -0.15) is 9.97 Å². The van der Waals surface area contributed by atoms with Crippen LogP contribution >= 0.6 is 0 Å². The lowest BCUT2D eigenvalue weighted by Crippen LogP contribution is -2.22. The first-order valence-corrected chi connectivity index (χ1v) is 18.0. The van der Waals surface area contributed by atoms with Gasteiger partial charge in [0.15, 0.2) is 11.5 Å². The average molecular weight is 682 g/mol. The van der Waals surface area contributed by atoms with Gasteiger partial charge in [-0.05, 0) is 94.7 Å². The monoisotopic (exact) mass is 681 g/mol. The number of anilines is 1. The Kier molecular flexibility index (Phi) is 16.8. The summed E-state index contributed by atoms with van der Waals surface area (Å²) in [5, 5.41) is 3.20. The molecule has 1 aliphatic heterocycles. The molecule has 3 heterocycles. The predicted molar refractivity (Wildman–Crippen MR) is 198 cm³/mol. The Hall–Kier alpha value is -3.43. The van der Waals surface area contributed by atoms with Crippen LogP contribution in [0, 0.1) is 19.8 Å². The van der Waals surface area contributed by atoms with E-state index in [9.17, 15) is 4.79 Å². The van der Waals surface area contributed by atoms with Gasteiger partial charge in [-0.3, -0.25) is 4.79 Å². The van der Waals surface area contributed by atoms with E-state index in [1.54, 1.807) is 20.3 Å². The molecule has 1 aliphatic rings. The molecule has 0 fully saturated rings. The van der Waals surface area contributed by atoms with Crippen LogP contribution < -0.4 is 14.8 Å². The van der Waals surface area contributed by atoms with Gasteiger partial charge in [-0.15, -0.1) is 0 Å². The first-order chi connectivity index (χ1) is 23.3. The molecule has 1 atom stereocenters. The van der Waals surface area contributed by atoms with E-state index in [1.807, 2.05) is 26.8 Å². The van der Waals surface area contributed by atoms with Gasteiger partial charge in [0.05, 0.1) is 31.0 Å². The standard InChI is InChI=1S/C20H24O3.C18H33N3O3.C2H6/c1-12-9-16-17(20(5,6)23-19(16,3)4)11-14(12)10-15-7-8-18(22-15)13(2)21;1-6-8-10-15(7-2)13-24-12-9-11-19-18-20-16(22-4)14(3)17(21-18)23-5;1-2/h7-9,11H,10H2,1-6H3;15H,6-13H2,1-5H3,(H,19,20,21);1-2H3. The highest BCUT2D eigenvalue weighted by molar-refractivity contribution is 5.91. The van der Waals surface area contributed by atoms with Gasteiger partial charge in [0.25, 0.3) is 0 Å². The van der Waals surface area contributed by atoms with Crippen molar-refractivity contribution >= 4 is 11.7 Å². The minimum Gasteiger partial charge on any atom is -0.481 e. The third-order valence-electron chi connectivity index (χ3n) is 8.75. The molecule has 0 bridgehead atoms. The number of fused-ring (bicyclic) bond motifs is 1. The van der Waals surface area contributed by atoms with Gasteiger partial charge < -0.3 is 28.7 Å². The zero-order valence-corrected chi connectivity index (χ0v) is 32.6. The molecule has 0 aliphatic carbocycles. The highest BCUT2D eigenvalue weighted by Gasteiger charge is 2.43. The molecular weight excluding hydrogens is 618 g/mol. The molecule has 0 radical (unpaired) electrons. The Bertz CT molecular complexity index is 1440. The van der Waals surface area contributed by atoms with E-state index in [2.05, 4.69) is 75.9 Å². The second-order valence-electron chi connectivity index (χ2n) is 13.4. The second kappa shape index (κ2) is 19.7. The highest BCUT2D eigenvalue weighted by Crippen LogP contribution is 2.47. The number of Topliss-reactive ketones (excluding diaryl/α,β-unsaturated/α-hetero) is 1. The molecule has 274 valence electrons. The topological polar surface area (TPSA) is 105 Å². The van der Waals surface area contributed by atoms with Crippen molar-refractivity contribution < 1.29 is 28.2 Å². The Balaban J connectivity index is 0.000000324. The van der Waals surface area contributed by atoms with Crippen LogP contribution in [-0.2, 0) is 27.1 Å². The molecule has 1 N–H and O–H groups in total. The Labute approximate surface area is 295 Å². The third kappa shape index (κ3) is 11.8. The number of aromatic nitrogens is 2. The molecule has 0 amide bonds. The summed E-state index contributed by atoms with van der Waals surface area (Å²) in [6, 6.07) is 8.09. The summed E-state index contributed by atoms with van der Waals surface area (Å²) in [6.07, 6.45) is 6.59.